The number of rotatable bonds is 5. The van der Waals surface area contributed by atoms with Crippen LogP contribution in [0.1, 0.15) is 27.0 Å². The van der Waals surface area contributed by atoms with Gasteiger partial charge in [-0.05, 0) is 55.3 Å². The van der Waals surface area contributed by atoms with Gasteiger partial charge in [-0.3, -0.25) is 9.59 Å². The summed E-state index contributed by atoms with van der Waals surface area (Å²) < 4.78 is 14.7. The van der Waals surface area contributed by atoms with Gasteiger partial charge < -0.3 is 10.6 Å². The van der Waals surface area contributed by atoms with E-state index in [2.05, 4.69) is 15.6 Å². The number of carbonyl (C=O) groups excluding carboxylic acids is 2. The third-order valence-electron chi connectivity index (χ3n) is 5.02. The number of benzene rings is 3. The van der Waals surface area contributed by atoms with Gasteiger partial charge in [-0.25, -0.2) is 9.37 Å². The van der Waals surface area contributed by atoms with Crippen LogP contribution < -0.4 is 10.6 Å². The Balaban J connectivity index is 1.50. The minimum absolute atomic E-state index is 0.137. The summed E-state index contributed by atoms with van der Waals surface area (Å²) >= 11 is 7.23. The Hall–Kier alpha value is -3.29. The van der Waals surface area contributed by atoms with Crippen molar-refractivity contribution in [3.63, 3.8) is 0 Å². The van der Waals surface area contributed by atoms with Crippen LogP contribution >= 0.6 is 22.9 Å². The largest absolute Gasteiger partial charge is 0.322 e. The first kappa shape index (κ1) is 21.9. The maximum absolute atomic E-state index is 13.9. The van der Waals surface area contributed by atoms with Gasteiger partial charge in [-0.1, -0.05) is 47.2 Å². The SMILES string of the molecule is Cc1cccc(C)c1NC(=O)c1ccc2nc(NC(=O)Cc3c(F)cccc3Cl)sc2c1. The number of fused-ring (bicyclic) bond motifs is 1. The molecule has 0 aliphatic heterocycles. The van der Waals surface area contributed by atoms with E-state index in [0.29, 0.717) is 16.2 Å². The van der Waals surface area contributed by atoms with Crippen LogP contribution in [-0.4, -0.2) is 16.8 Å². The molecule has 162 valence electrons. The van der Waals surface area contributed by atoms with Gasteiger partial charge in [-0.15, -0.1) is 0 Å². The van der Waals surface area contributed by atoms with Crippen molar-refractivity contribution >= 4 is 55.8 Å². The fourth-order valence-corrected chi connectivity index (χ4v) is 4.49. The Morgan fingerprint density at radius 3 is 2.47 bits per heavy atom. The molecule has 4 aromatic rings. The van der Waals surface area contributed by atoms with Gasteiger partial charge in [0, 0.05) is 21.8 Å². The van der Waals surface area contributed by atoms with Crippen LogP contribution in [0.3, 0.4) is 0 Å². The first-order valence-corrected chi connectivity index (χ1v) is 11.0. The quantitative estimate of drug-likeness (QED) is 0.370. The van der Waals surface area contributed by atoms with Gasteiger partial charge >= 0.3 is 0 Å². The molecule has 4 rings (SSSR count). The van der Waals surface area contributed by atoms with Gasteiger partial charge in [0.15, 0.2) is 5.13 Å². The van der Waals surface area contributed by atoms with E-state index < -0.39 is 11.7 Å². The van der Waals surface area contributed by atoms with Gasteiger partial charge in [0.1, 0.15) is 5.82 Å². The number of aromatic nitrogens is 1. The van der Waals surface area contributed by atoms with Crippen molar-refractivity contribution in [2.75, 3.05) is 10.6 Å². The van der Waals surface area contributed by atoms with E-state index in [1.807, 2.05) is 32.0 Å². The van der Waals surface area contributed by atoms with E-state index in [4.69, 9.17) is 11.6 Å². The number of amides is 2. The first-order chi connectivity index (χ1) is 15.3. The maximum Gasteiger partial charge on any atom is 0.255 e. The molecule has 8 heteroatoms. The Morgan fingerprint density at radius 1 is 1.03 bits per heavy atom. The molecule has 0 aliphatic rings. The molecule has 1 heterocycles. The molecule has 2 amide bonds. The van der Waals surface area contributed by atoms with Crippen molar-refractivity contribution in [1.29, 1.82) is 0 Å². The third kappa shape index (κ3) is 4.64. The number of hydrogen-bond acceptors (Lipinski definition) is 4. The zero-order valence-electron chi connectivity index (χ0n) is 17.3. The summed E-state index contributed by atoms with van der Waals surface area (Å²) in [6, 6.07) is 15.3. The van der Waals surface area contributed by atoms with Crippen molar-refractivity contribution in [3.05, 3.63) is 87.7 Å². The molecule has 0 atom stereocenters. The minimum atomic E-state index is -0.531. The lowest BCUT2D eigenvalue weighted by molar-refractivity contribution is -0.115. The van der Waals surface area contributed by atoms with Gasteiger partial charge in [-0.2, -0.15) is 0 Å². The second kappa shape index (κ2) is 9.06. The average molecular weight is 468 g/mol. The molecule has 3 aromatic carbocycles. The summed E-state index contributed by atoms with van der Waals surface area (Å²) in [4.78, 5) is 29.5. The van der Waals surface area contributed by atoms with E-state index in [-0.39, 0.29) is 22.9 Å². The van der Waals surface area contributed by atoms with Crippen molar-refractivity contribution < 1.29 is 14.0 Å². The lowest BCUT2D eigenvalue weighted by atomic mass is 10.1. The highest BCUT2D eigenvalue weighted by Crippen LogP contribution is 2.28. The van der Waals surface area contributed by atoms with E-state index in [0.717, 1.165) is 21.5 Å². The molecular weight excluding hydrogens is 449 g/mol. The lowest BCUT2D eigenvalue weighted by Gasteiger charge is -2.11. The van der Waals surface area contributed by atoms with Crippen LogP contribution in [-0.2, 0) is 11.2 Å². The van der Waals surface area contributed by atoms with E-state index in [1.54, 1.807) is 18.2 Å². The highest BCUT2D eigenvalue weighted by Gasteiger charge is 2.15. The number of hydrogen-bond donors (Lipinski definition) is 2. The van der Waals surface area contributed by atoms with Crippen LogP contribution in [0.5, 0.6) is 0 Å². The van der Waals surface area contributed by atoms with E-state index >= 15 is 0 Å². The monoisotopic (exact) mass is 467 g/mol. The number of carbonyl (C=O) groups is 2. The van der Waals surface area contributed by atoms with Gasteiger partial charge in [0.05, 0.1) is 16.6 Å². The predicted octanol–water partition coefficient (Wildman–Crippen LogP) is 6.14. The predicted molar refractivity (Wildman–Crippen MR) is 127 cm³/mol. The molecular formula is C24H19ClFN3O2S. The van der Waals surface area contributed by atoms with Crippen molar-refractivity contribution in [1.82, 2.24) is 4.98 Å². The molecule has 2 N–H and O–H groups in total. The topological polar surface area (TPSA) is 71.1 Å². The maximum atomic E-state index is 13.9. The number of nitrogens with one attached hydrogen (secondary N) is 2. The molecule has 0 fully saturated rings. The van der Waals surface area contributed by atoms with Gasteiger partial charge in [0.25, 0.3) is 5.91 Å². The molecule has 1 aromatic heterocycles. The molecule has 0 bridgehead atoms. The molecule has 0 saturated carbocycles. The Kier molecular flexibility index (Phi) is 6.21. The van der Waals surface area contributed by atoms with Crippen LogP contribution in [0.15, 0.2) is 54.6 Å². The molecule has 5 nitrogen and oxygen atoms in total. The number of nitrogens with zero attached hydrogens (tertiary/aromatic N) is 1. The number of anilines is 2. The zero-order chi connectivity index (χ0) is 22.8. The average Bonchev–Trinajstić information content (AvgIpc) is 3.14. The Bertz CT molecular complexity index is 1310. The molecule has 32 heavy (non-hydrogen) atoms. The highest BCUT2D eigenvalue weighted by molar-refractivity contribution is 7.22. The number of halogens is 2. The molecule has 0 aliphatic carbocycles. The lowest BCUT2D eigenvalue weighted by Crippen LogP contribution is -2.15. The summed E-state index contributed by atoms with van der Waals surface area (Å²) in [5.41, 5.74) is 4.03. The summed E-state index contributed by atoms with van der Waals surface area (Å²) in [7, 11) is 0. The van der Waals surface area contributed by atoms with Crippen LogP contribution in [0.4, 0.5) is 15.2 Å². The number of thiazole rings is 1. The molecule has 0 spiro atoms. The van der Waals surface area contributed by atoms with E-state index in [9.17, 15) is 14.0 Å². The molecule has 0 unspecified atom stereocenters. The standard InChI is InChI=1S/C24H19ClFN3O2S/c1-13-5-3-6-14(2)22(13)29-23(31)15-9-10-19-20(11-15)32-24(27-19)28-21(30)12-16-17(25)7-4-8-18(16)26/h3-11H,12H2,1-2H3,(H,29,31)(H,27,28,30). The second-order valence-corrected chi connectivity index (χ2v) is 8.79. The molecule has 0 radical (unpaired) electrons. The summed E-state index contributed by atoms with van der Waals surface area (Å²) in [5.74, 6) is -1.18. The first-order valence-electron chi connectivity index (χ1n) is 9.82. The van der Waals surface area contributed by atoms with Gasteiger partial charge in [0.2, 0.25) is 5.91 Å². The van der Waals surface area contributed by atoms with Crippen LogP contribution in [0.25, 0.3) is 10.2 Å². The fraction of sp³-hybridized carbons (Fsp3) is 0.125. The summed E-state index contributed by atoms with van der Waals surface area (Å²) in [6.45, 7) is 3.89. The van der Waals surface area contributed by atoms with Crippen LogP contribution in [0.2, 0.25) is 5.02 Å². The van der Waals surface area contributed by atoms with Crippen molar-refractivity contribution in [2.45, 2.75) is 20.3 Å². The minimum Gasteiger partial charge on any atom is -0.322 e. The normalized spacial score (nSPS) is 10.9. The smallest absolute Gasteiger partial charge is 0.255 e. The van der Waals surface area contributed by atoms with Crippen molar-refractivity contribution in [2.24, 2.45) is 0 Å². The zero-order valence-corrected chi connectivity index (χ0v) is 18.9. The summed E-state index contributed by atoms with van der Waals surface area (Å²) in [5, 5.41) is 6.21. The number of aryl methyl sites for hydroxylation is 2. The van der Waals surface area contributed by atoms with Crippen LogP contribution in [0, 0.1) is 19.7 Å². The highest BCUT2D eigenvalue weighted by atomic mass is 35.5. The van der Waals surface area contributed by atoms with Crippen molar-refractivity contribution in [3.8, 4) is 0 Å². The summed E-state index contributed by atoms with van der Waals surface area (Å²) in [6.07, 6.45) is -0.204. The Morgan fingerprint density at radius 2 is 1.75 bits per heavy atom. The molecule has 0 saturated heterocycles. The fourth-order valence-electron chi connectivity index (χ4n) is 3.34. The van der Waals surface area contributed by atoms with E-state index in [1.165, 1.54) is 29.5 Å². The third-order valence-corrected chi connectivity index (χ3v) is 6.30. The Labute approximate surface area is 193 Å². The number of para-hydroxylation sites is 1. The second-order valence-electron chi connectivity index (χ2n) is 7.35.